The minimum Gasteiger partial charge on any atom is -0.366 e. The Balaban J connectivity index is 2.41. The molecular weight excluding hydrogens is 156 g/mol. The first-order valence-electron chi connectivity index (χ1n) is 3.53. The zero-order valence-corrected chi connectivity index (χ0v) is 6.32. The SMILES string of the molecule is NC(=O)c1cc2n(c1)NC=NC2. The molecule has 0 radical (unpaired) electrons. The average molecular weight is 164 g/mol. The molecule has 62 valence electrons. The molecular formula is C7H8N4O. The Morgan fingerprint density at radius 1 is 1.75 bits per heavy atom. The molecule has 5 nitrogen and oxygen atoms in total. The van der Waals surface area contributed by atoms with Crippen LogP contribution < -0.4 is 11.2 Å². The van der Waals surface area contributed by atoms with Gasteiger partial charge in [0.1, 0.15) is 6.34 Å². The molecule has 0 atom stereocenters. The van der Waals surface area contributed by atoms with Crippen LogP contribution in [0.3, 0.4) is 0 Å². The van der Waals surface area contributed by atoms with Gasteiger partial charge in [0.15, 0.2) is 0 Å². The third kappa shape index (κ3) is 0.952. The Morgan fingerprint density at radius 3 is 3.25 bits per heavy atom. The summed E-state index contributed by atoms with van der Waals surface area (Å²) in [6.07, 6.45) is 3.24. The number of hydrogen-bond donors (Lipinski definition) is 2. The molecule has 1 amide bonds. The van der Waals surface area contributed by atoms with Crippen molar-refractivity contribution in [2.45, 2.75) is 6.54 Å². The Morgan fingerprint density at radius 2 is 2.58 bits per heavy atom. The maximum Gasteiger partial charge on any atom is 0.250 e. The van der Waals surface area contributed by atoms with Gasteiger partial charge in [0.05, 0.1) is 17.8 Å². The summed E-state index contributed by atoms with van der Waals surface area (Å²) in [6.45, 7) is 0.584. The number of fused-ring (bicyclic) bond motifs is 1. The van der Waals surface area contributed by atoms with E-state index in [1.165, 1.54) is 0 Å². The van der Waals surface area contributed by atoms with Gasteiger partial charge in [-0.1, -0.05) is 0 Å². The second-order valence-corrected chi connectivity index (χ2v) is 2.55. The van der Waals surface area contributed by atoms with Gasteiger partial charge in [0, 0.05) is 6.20 Å². The van der Waals surface area contributed by atoms with E-state index in [0.717, 1.165) is 5.69 Å². The van der Waals surface area contributed by atoms with Crippen molar-refractivity contribution >= 4 is 12.2 Å². The molecule has 2 rings (SSSR count). The van der Waals surface area contributed by atoms with Crippen molar-refractivity contribution < 1.29 is 4.79 Å². The lowest BCUT2D eigenvalue weighted by Gasteiger charge is -2.09. The molecule has 2 heterocycles. The first kappa shape index (κ1) is 6.90. The number of aliphatic imine (C=N–C) groups is 1. The molecule has 1 aromatic heterocycles. The summed E-state index contributed by atoms with van der Waals surface area (Å²) in [6, 6.07) is 1.73. The fraction of sp³-hybridized carbons (Fsp3) is 0.143. The molecule has 12 heavy (non-hydrogen) atoms. The highest BCUT2D eigenvalue weighted by Crippen LogP contribution is 2.09. The van der Waals surface area contributed by atoms with Crippen molar-refractivity contribution in [3.05, 3.63) is 23.5 Å². The summed E-state index contributed by atoms with van der Waals surface area (Å²) in [7, 11) is 0. The van der Waals surface area contributed by atoms with Crippen LogP contribution in [0.5, 0.6) is 0 Å². The van der Waals surface area contributed by atoms with Gasteiger partial charge in [-0.2, -0.15) is 0 Å². The lowest BCUT2D eigenvalue weighted by atomic mass is 10.3. The number of amides is 1. The topological polar surface area (TPSA) is 72.4 Å². The second-order valence-electron chi connectivity index (χ2n) is 2.55. The second kappa shape index (κ2) is 2.37. The molecule has 5 heteroatoms. The molecule has 1 aliphatic heterocycles. The normalized spacial score (nSPS) is 13.7. The molecule has 0 aromatic carbocycles. The van der Waals surface area contributed by atoms with E-state index in [9.17, 15) is 4.79 Å². The summed E-state index contributed by atoms with van der Waals surface area (Å²) in [4.78, 5) is 14.7. The summed E-state index contributed by atoms with van der Waals surface area (Å²) in [5, 5.41) is 0. The Kier molecular flexibility index (Phi) is 1.36. The van der Waals surface area contributed by atoms with E-state index in [1.54, 1.807) is 23.3 Å². The average Bonchev–Trinajstić information content (AvgIpc) is 2.46. The van der Waals surface area contributed by atoms with E-state index in [4.69, 9.17) is 5.73 Å². The number of primary amides is 1. The zero-order valence-electron chi connectivity index (χ0n) is 6.32. The zero-order chi connectivity index (χ0) is 8.55. The third-order valence-electron chi connectivity index (χ3n) is 1.73. The first-order chi connectivity index (χ1) is 5.77. The van der Waals surface area contributed by atoms with Crippen LogP contribution in [-0.2, 0) is 6.54 Å². The standard InChI is InChI=1S/C7H8N4O/c8-7(12)5-1-6-2-9-4-10-11(6)3-5/h1,3-4H,2H2,(H2,8,12)(H,9,10). The highest BCUT2D eigenvalue weighted by Gasteiger charge is 2.10. The minimum absolute atomic E-state index is 0.418. The quantitative estimate of drug-likeness (QED) is 0.596. The number of nitrogens with two attached hydrogens (primary N) is 1. The highest BCUT2D eigenvalue weighted by molar-refractivity contribution is 5.93. The van der Waals surface area contributed by atoms with E-state index in [-0.39, 0.29) is 0 Å². The van der Waals surface area contributed by atoms with Gasteiger partial charge in [-0.3, -0.25) is 19.9 Å². The molecule has 1 aromatic rings. The molecule has 0 saturated heterocycles. The van der Waals surface area contributed by atoms with Crippen LogP contribution in [0, 0.1) is 0 Å². The fourth-order valence-electron chi connectivity index (χ4n) is 1.13. The van der Waals surface area contributed by atoms with Gasteiger partial charge in [0.2, 0.25) is 5.91 Å². The summed E-state index contributed by atoms with van der Waals surface area (Å²) in [5.74, 6) is -0.418. The lowest BCUT2D eigenvalue weighted by molar-refractivity contribution is 0.100. The number of rotatable bonds is 1. The van der Waals surface area contributed by atoms with Crippen LogP contribution >= 0.6 is 0 Å². The van der Waals surface area contributed by atoms with Crippen LogP contribution in [0.25, 0.3) is 0 Å². The molecule has 0 unspecified atom stereocenters. The first-order valence-corrected chi connectivity index (χ1v) is 3.53. The molecule has 0 bridgehead atoms. The Hall–Kier alpha value is -1.78. The summed E-state index contributed by atoms with van der Waals surface area (Å²) < 4.78 is 1.73. The van der Waals surface area contributed by atoms with Crippen molar-refractivity contribution in [1.82, 2.24) is 4.68 Å². The Labute approximate surface area is 68.9 Å². The summed E-state index contributed by atoms with van der Waals surface area (Å²) >= 11 is 0. The number of aromatic nitrogens is 1. The van der Waals surface area contributed by atoms with Crippen LogP contribution in [0.15, 0.2) is 17.3 Å². The Bertz CT molecular complexity index is 327. The van der Waals surface area contributed by atoms with Crippen molar-refractivity contribution in [2.24, 2.45) is 10.7 Å². The monoisotopic (exact) mass is 164 g/mol. The van der Waals surface area contributed by atoms with Crippen LogP contribution in [0.2, 0.25) is 0 Å². The van der Waals surface area contributed by atoms with Crippen LogP contribution in [0.1, 0.15) is 16.1 Å². The minimum atomic E-state index is -0.418. The van der Waals surface area contributed by atoms with Gasteiger partial charge in [-0.25, -0.2) is 0 Å². The summed E-state index contributed by atoms with van der Waals surface area (Å²) in [5.41, 5.74) is 9.40. The molecule has 3 N–H and O–H groups in total. The maximum absolute atomic E-state index is 10.8. The molecule has 0 saturated carbocycles. The van der Waals surface area contributed by atoms with E-state index >= 15 is 0 Å². The highest BCUT2D eigenvalue weighted by atomic mass is 16.1. The number of nitrogens with zero attached hydrogens (tertiary/aromatic N) is 2. The fourth-order valence-corrected chi connectivity index (χ4v) is 1.13. The maximum atomic E-state index is 10.8. The molecule has 0 aliphatic carbocycles. The van der Waals surface area contributed by atoms with E-state index in [1.807, 2.05) is 0 Å². The van der Waals surface area contributed by atoms with Crippen molar-refractivity contribution in [3.8, 4) is 0 Å². The molecule has 0 spiro atoms. The predicted octanol–water partition coefficient (Wildman–Crippen LogP) is -0.328. The number of nitrogens with one attached hydrogen (secondary N) is 1. The van der Waals surface area contributed by atoms with Gasteiger partial charge in [0.25, 0.3) is 0 Å². The van der Waals surface area contributed by atoms with E-state index in [2.05, 4.69) is 10.4 Å². The van der Waals surface area contributed by atoms with Gasteiger partial charge in [-0.15, -0.1) is 0 Å². The van der Waals surface area contributed by atoms with Crippen LogP contribution in [-0.4, -0.2) is 16.9 Å². The largest absolute Gasteiger partial charge is 0.366 e. The van der Waals surface area contributed by atoms with E-state index < -0.39 is 5.91 Å². The lowest BCUT2D eigenvalue weighted by Crippen LogP contribution is -2.18. The van der Waals surface area contributed by atoms with Crippen molar-refractivity contribution in [3.63, 3.8) is 0 Å². The van der Waals surface area contributed by atoms with Gasteiger partial charge in [-0.05, 0) is 6.07 Å². The van der Waals surface area contributed by atoms with Crippen molar-refractivity contribution in [2.75, 3.05) is 5.43 Å². The third-order valence-corrected chi connectivity index (χ3v) is 1.73. The number of carbonyl (C=O) groups excluding carboxylic acids is 1. The molecule has 0 fully saturated rings. The molecule has 1 aliphatic rings. The van der Waals surface area contributed by atoms with Gasteiger partial charge >= 0.3 is 0 Å². The van der Waals surface area contributed by atoms with Crippen molar-refractivity contribution in [1.29, 1.82) is 0 Å². The predicted molar refractivity (Wildman–Crippen MR) is 44.5 cm³/mol. The van der Waals surface area contributed by atoms with Gasteiger partial charge < -0.3 is 5.73 Å². The smallest absolute Gasteiger partial charge is 0.250 e. The van der Waals surface area contributed by atoms with Crippen LogP contribution in [0.4, 0.5) is 0 Å². The number of carbonyl (C=O) groups is 1. The van der Waals surface area contributed by atoms with E-state index in [0.29, 0.717) is 12.1 Å². The number of hydrogen-bond acceptors (Lipinski definition) is 3.